The molecule has 7 heteroatoms. The van der Waals surface area contributed by atoms with E-state index in [0.717, 1.165) is 17.2 Å². The Balaban J connectivity index is 2.16. The molecule has 0 spiro atoms. The molecule has 0 bridgehead atoms. The van der Waals surface area contributed by atoms with Crippen LogP contribution in [0.1, 0.15) is 16.8 Å². The predicted octanol–water partition coefficient (Wildman–Crippen LogP) is 3.68. The van der Waals surface area contributed by atoms with Crippen molar-refractivity contribution in [2.75, 3.05) is 5.73 Å². The third-order valence-electron chi connectivity index (χ3n) is 2.48. The first-order valence-corrected chi connectivity index (χ1v) is 6.73. The fourth-order valence-corrected chi connectivity index (χ4v) is 2.47. The molecule has 3 nitrogen and oxygen atoms in total. The monoisotopic (exact) mass is 299 g/mol. The fourth-order valence-electron chi connectivity index (χ4n) is 1.62. The van der Waals surface area contributed by atoms with Crippen LogP contribution in [0.2, 0.25) is 0 Å². The zero-order valence-electron chi connectivity index (χ0n) is 10.6. The van der Waals surface area contributed by atoms with Crippen molar-refractivity contribution in [1.82, 2.24) is 9.97 Å². The third-order valence-corrected chi connectivity index (χ3v) is 3.46. The summed E-state index contributed by atoms with van der Waals surface area (Å²) in [7, 11) is 0. The molecule has 0 aliphatic heterocycles. The van der Waals surface area contributed by atoms with Gasteiger partial charge in [0.25, 0.3) is 0 Å². The Bertz CT molecular complexity index is 614. The van der Waals surface area contributed by atoms with Crippen molar-refractivity contribution >= 4 is 17.7 Å². The van der Waals surface area contributed by atoms with Crippen LogP contribution >= 0.6 is 11.8 Å². The van der Waals surface area contributed by atoms with Crippen molar-refractivity contribution in [2.45, 2.75) is 23.9 Å². The summed E-state index contributed by atoms with van der Waals surface area (Å²) in [6.45, 7) is 1.96. The number of hydrogen-bond donors (Lipinski definition) is 1. The maximum atomic E-state index is 12.6. The van der Waals surface area contributed by atoms with Crippen molar-refractivity contribution in [2.24, 2.45) is 0 Å². The molecule has 1 aromatic carbocycles. The number of halogens is 3. The quantitative estimate of drug-likeness (QED) is 0.694. The van der Waals surface area contributed by atoms with Crippen LogP contribution in [-0.2, 0) is 11.9 Å². The number of nitrogen functional groups attached to an aromatic ring is 1. The van der Waals surface area contributed by atoms with Gasteiger partial charge < -0.3 is 5.73 Å². The molecule has 1 aromatic heterocycles. The van der Waals surface area contributed by atoms with Gasteiger partial charge in [-0.05, 0) is 12.5 Å². The number of benzene rings is 1. The van der Waals surface area contributed by atoms with Gasteiger partial charge in [0.2, 0.25) is 5.95 Å². The zero-order valence-corrected chi connectivity index (χ0v) is 11.4. The van der Waals surface area contributed by atoms with Crippen molar-refractivity contribution < 1.29 is 13.2 Å². The van der Waals surface area contributed by atoms with Gasteiger partial charge in [0.1, 0.15) is 5.03 Å². The van der Waals surface area contributed by atoms with E-state index >= 15 is 0 Å². The highest BCUT2D eigenvalue weighted by atomic mass is 32.2. The van der Waals surface area contributed by atoms with Gasteiger partial charge >= 0.3 is 6.18 Å². The van der Waals surface area contributed by atoms with Crippen LogP contribution < -0.4 is 5.73 Å². The topological polar surface area (TPSA) is 51.8 Å². The van der Waals surface area contributed by atoms with Crippen molar-refractivity contribution in [1.29, 1.82) is 0 Å². The largest absolute Gasteiger partial charge is 0.433 e. The molecule has 0 saturated heterocycles. The van der Waals surface area contributed by atoms with E-state index in [1.54, 1.807) is 0 Å². The molecule has 0 fully saturated rings. The van der Waals surface area contributed by atoms with Gasteiger partial charge in [0, 0.05) is 11.8 Å². The highest BCUT2D eigenvalue weighted by Crippen LogP contribution is 2.31. The number of nitrogens with zero attached hydrogens (tertiary/aromatic N) is 2. The second kappa shape index (κ2) is 5.70. The summed E-state index contributed by atoms with van der Waals surface area (Å²) in [5.41, 5.74) is 6.41. The molecule has 2 N–H and O–H groups in total. The second-order valence-electron chi connectivity index (χ2n) is 4.23. The first-order valence-electron chi connectivity index (χ1n) is 5.75. The van der Waals surface area contributed by atoms with E-state index in [1.807, 2.05) is 31.2 Å². The third kappa shape index (κ3) is 3.86. The first kappa shape index (κ1) is 14.6. The zero-order chi connectivity index (χ0) is 14.8. The van der Waals surface area contributed by atoms with Crippen LogP contribution in [0.25, 0.3) is 0 Å². The molecule has 0 aliphatic rings. The van der Waals surface area contributed by atoms with E-state index < -0.39 is 11.9 Å². The number of alkyl halides is 3. The van der Waals surface area contributed by atoms with E-state index in [4.69, 9.17) is 5.73 Å². The minimum absolute atomic E-state index is 0.214. The number of aromatic nitrogens is 2. The van der Waals surface area contributed by atoms with E-state index in [-0.39, 0.29) is 11.0 Å². The minimum atomic E-state index is -4.52. The highest BCUT2D eigenvalue weighted by molar-refractivity contribution is 7.98. The Morgan fingerprint density at radius 1 is 1.20 bits per heavy atom. The summed E-state index contributed by atoms with van der Waals surface area (Å²) in [5.74, 6) is 0.154. The molecule has 1 heterocycles. The lowest BCUT2D eigenvalue weighted by Gasteiger charge is -2.08. The molecule has 0 radical (unpaired) electrons. The maximum Gasteiger partial charge on any atom is 0.433 e. The Hall–Kier alpha value is -1.76. The predicted molar refractivity (Wildman–Crippen MR) is 72.2 cm³/mol. The molecule has 0 saturated carbocycles. The Morgan fingerprint density at radius 3 is 2.60 bits per heavy atom. The number of aryl methyl sites for hydroxylation is 1. The van der Waals surface area contributed by atoms with Crippen LogP contribution in [0.5, 0.6) is 0 Å². The van der Waals surface area contributed by atoms with Gasteiger partial charge in [-0.3, -0.25) is 0 Å². The van der Waals surface area contributed by atoms with E-state index in [0.29, 0.717) is 5.75 Å². The van der Waals surface area contributed by atoms with Crippen molar-refractivity contribution in [3.05, 3.63) is 47.2 Å². The summed E-state index contributed by atoms with van der Waals surface area (Å²) >= 11 is 1.20. The van der Waals surface area contributed by atoms with Crippen LogP contribution in [0.4, 0.5) is 19.1 Å². The molecular formula is C13H12F3N3S. The summed E-state index contributed by atoms with van der Waals surface area (Å²) in [6, 6.07) is 8.66. The van der Waals surface area contributed by atoms with Crippen LogP contribution in [0, 0.1) is 6.92 Å². The Morgan fingerprint density at radius 2 is 1.95 bits per heavy atom. The Labute approximate surface area is 118 Å². The summed E-state index contributed by atoms with van der Waals surface area (Å²) in [4.78, 5) is 7.02. The Kier molecular flexibility index (Phi) is 4.17. The minimum Gasteiger partial charge on any atom is -0.368 e. The van der Waals surface area contributed by atoms with Gasteiger partial charge in [0.15, 0.2) is 5.69 Å². The van der Waals surface area contributed by atoms with Gasteiger partial charge in [-0.2, -0.15) is 13.2 Å². The van der Waals surface area contributed by atoms with Crippen LogP contribution in [0.3, 0.4) is 0 Å². The second-order valence-corrected chi connectivity index (χ2v) is 5.22. The number of hydrogen-bond acceptors (Lipinski definition) is 4. The van der Waals surface area contributed by atoms with Crippen molar-refractivity contribution in [3.63, 3.8) is 0 Å². The SMILES string of the molecule is Cc1cccc(CSc2cc(C(F)(F)F)nc(N)n2)c1. The van der Waals surface area contributed by atoms with Gasteiger partial charge in [-0.1, -0.05) is 29.8 Å². The summed E-state index contributed by atoms with van der Waals surface area (Å²) < 4.78 is 37.8. The molecule has 0 aliphatic carbocycles. The number of rotatable bonds is 3. The smallest absolute Gasteiger partial charge is 0.368 e. The van der Waals surface area contributed by atoms with Gasteiger partial charge in [0.05, 0.1) is 0 Å². The molecule has 0 unspecified atom stereocenters. The number of nitrogens with two attached hydrogens (primary N) is 1. The van der Waals surface area contributed by atoms with E-state index in [1.165, 1.54) is 11.8 Å². The normalized spacial score (nSPS) is 11.6. The summed E-state index contributed by atoms with van der Waals surface area (Å²) in [6.07, 6.45) is -4.52. The number of thioether (sulfide) groups is 1. The maximum absolute atomic E-state index is 12.6. The average molecular weight is 299 g/mol. The molecule has 2 aromatic rings. The van der Waals surface area contributed by atoms with Crippen LogP contribution in [-0.4, -0.2) is 9.97 Å². The lowest BCUT2D eigenvalue weighted by atomic mass is 10.2. The van der Waals surface area contributed by atoms with E-state index in [2.05, 4.69) is 9.97 Å². The molecule has 0 amide bonds. The van der Waals surface area contributed by atoms with E-state index in [9.17, 15) is 13.2 Å². The average Bonchev–Trinajstić information content (AvgIpc) is 2.35. The lowest BCUT2D eigenvalue weighted by Crippen LogP contribution is -2.11. The van der Waals surface area contributed by atoms with Gasteiger partial charge in [-0.25, -0.2) is 9.97 Å². The molecule has 2 rings (SSSR count). The van der Waals surface area contributed by atoms with Crippen molar-refractivity contribution in [3.8, 4) is 0 Å². The molecule has 106 valence electrons. The lowest BCUT2D eigenvalue weighted by molar-refractivity contribution is -0.141. The number of anilines is 1. The molecular weight excluding hydrogens is 287 g/mol. The van der Waals surface area contributed by atoms with Gasteiger partial charge in [-0.15, -0.1) is 11.8 Å². The highest BCUT2D eigenvalue weighted by Gasteiger charge is 2.33. The molecule has 0 atom stereocenters. The molecule has 20 heavy (non-hydrogen) atoms. The summed E-state index contributed by atoms with van der Waals surface area (Å²) in [5, 5.41) is 0.214. The van der Waals surface area contributed by atoms with Crippen LogP contribution in [0.15, 0.2) is 35.4 Å². The first-order chi connectivity index (χ1) is 9.34. The fraction of sp³-hybridized carbons (Fsp3) is 0.231. The standard InChI is InChI=1S/C13H12F3N3S/c1-8-3-2-4-9(5-8)7-20-11-6-10(13(14,15)16)18-12(17)19-11/h2-6H,7H2,1H3,(H2,17,18,19).